The molecular weight excluding hydrogens is 318 g/mol. The standard InChI is InChI=1S/C19H23N3O3/c1-2-25-19-6-4-3-5-16(19)15-20-11-13-21(14-12-20)17-7-9-18(10-8-17)22(23)24/h3-10H,2,11-15H2,1H3. The van der Waals surface area contributed by atoms with E-state index in [1.807, 2.05) is 37.3 Å². The van der Waals surface area contributed by atoms with Crippen molar-refractivity contribution in [1.82, 2.24) is 4.90 Å². The van der Waals surface area contributed by atoms with Crippen LogP contribution in [0.3, 0.4) is 0 Å². The fourth-order valence-corrected chi connectivity index (χ4v) is 3.12. The number of hydrogen-bond donors (Lipinski definition) is 0. The zero-order chi connectivity index (χ0) is 17.6. The van der Waals surface area contributed by atoms with Gasteiger partial charge in [-0.05, 0) is 25.1 Å². The Kier molecular flexibility index (Phi) is 5.50. The van der Waals surface area contributed by atoms with E-state index in [0.29, 0.717) is 6.61 Å². The predicted octanol–water partition coefficient (Wildman–Crippen LogP) is 3.32. The molecule has 0 aromatic heterocycles. The van der Waals surface area contributed by atoms with Crippen molar-refractivity contribution >= 4 is 11.4 Å². The van der Waals surface area contributed by atoms with Crippen LogP contribution in [0.25, 0.3) is 0 Å². The van der Waals surface area contributed by atoms with Crippen LogP contribution in [0.5, 0.6) is 5.75 Å². The normalized spacial score (nSPS) is 15.2. The molecule has 0 saturated carbocycles. The Bertz CT molecular complexity index is 710. The van der Waals surface area contributed by atoms with Gasteiger partial charge in [0.15, 0.2) is 0 Å². The van der Waals surface area contributed by atoms with Gasteiger partial charge in [0.05, 0.1) is 11.5 Å². The molecule has 25 heavy (non-hydrogen) atoms. The number of non-ortho nitro benzene ring substituents is 1. The third-order valence-electron chi connectivity index (χ3n) is 4.46. The average molecular weight is 341 g/mol. The molecule has 132 valence electrons. The summed E-state index contributed by atoms with van der Waals surface area (Å²) in [4.78, 5) is 15.1. The van der Waals surface area contributed by atoms with Gasteiger partial charge in [0.2, 0.25) is 0 Å². The largest absolute Gasteiger partial charge is 0.494 e. The molecule has 1 fully saturated rings. The van der Waals surface area contributed by atoms with Gasteiger partial charge in [0, 0.05) is 56.1 Å². The Labute approximate surface area is 147 Å². The van der Waals surface area contributed by atoms with Gasteiger partial charge >= 0.3 is 0 Å². The third-order valence-corrected chi connectivity index (χ3v) is 4.46. The van der Waals surface area contributed by atoms with Crippen LogP contribution in [0.15, 0.2) is 48.5 Å². The summed E-state index contributed by atoms with van der Waals surface area (Å²) in [7, 11) is 0. The fourth-order valence-electron chi connectivity index (χ4n) is 3.12. The van der Waals surface area contributed by atoms with Gasteiger partial charge in [0.25, 0.3) is 5.69 Å². The number of benzene rings is 2. The summed E-state index contributed by atoms with van der Waals surface area (Å²) in [6, 6.07) is 15.0. The third kappa shape index (κ3) is 4.28. The van der Waals surface area contributed by atoms with Crippen molar-refractivity contribution in [2.24, 2.45) is 0 Å². The molecule has 0 radical (unpaired) electrons. The first-order chi connectivity index (χ1) is 12.2. The zero-order valence-electron chi connectivity index (χ0n) is 14.4. The molecule has 6 heteroatoms. The molecule has 0 bridgehead atoms. The Balaban J connectivity index is 1.58. The number of nitro benzene ring substituents is 1. The summed E-state index contributed by atoms with van der Waals surface area (Å²) >= 11 is 0. The van der Waals surface area contributed by atoms with Crippen LogP contribution >= 0.6 is 0 Å². The molecule has 2 aromatic carbocycles. The number of ether oxygens (including phenoxy) is 1. The number of nitrogens with zero attached hydrogens (tertiary/aromatic N) is 3. The lowest BCUT2D eigenvalue weighted by Gasteiger charge is -2.36. The van der Waals surface area contributed by atoms with Crippen molar-refractivity contribution in [3.63, 3.8) is 0 Å². The Morgan fingerprint density at radius 3 is 2.36 bits per heavy atom. The lowest BCUT2D eigenvalue weighted by molar-refractivity contribution is -0.384. The molecule has 0 aliphatic carbocycles. The zero-order valence-corrected chi connectivity index (χ0v) is 14.4. The molecule has 0 spiro atoms. The summed E-state index contributed by atoms with van der Waals surface area (Å²) < 4.78 is 5.71. The topological polar surface area (TPSA) is 58.8 Å². The monoisotopic (exact) mass is 341 g/mol. The van der Waals surface area contributed by atoms with Crippen molar-refractivity contribution in [2.45, 2.75) is 13.5 Å². The van der Waals surface area contributed by atoms with E-state index in [2.05, 4.69) is 15.9 Å². The molecule has 1 heterocycles. The fraction of sp³-hybridized carbons (Fsp3) is 0.368. The first kappa shape index (κ1) is 17.2. The van der Waals surface area contributed by atoms with Crippen molar-refractivity contribution in [3.05, 3.63) is 64.2 Å². The molecule has 1 aliphatic rings. The highest BCUT2D eigenvalue weighted by atomic mass is 16.6. The van der Waals surface area contributed by atoms with E-state index in [1.54, 1.807) is 12.1 Å². The molecule has 3 rings (SSSR count). The minimum absolute atomic E-state index is 0.134. The molecule has 1 saturated heterocycles. The first-order valence-electron chi connectivity index (χ1n) is 8.60. The molecular formula is C19H23N3O3. The number of anilines is 1. The van der Waals surface area contributed by atoms with E-state index in [1.165, 1.54) is 5.56 Å². The highest BCUT2D eigenvalue weighted by Gasteiger charge is 2.19. The van der Waals surface area contributed by atoms with E-state index in [4.69, 9.17) is 4.74 Å². The maximum atomic E-state index is 10.8. The minimum Gasteiger partial charge on any atom is -0.494 e. The van der Waals surface area contributed by atoms with Crippen molar-refractivity contribution in [2.75, 3.05) is 37.7 Å². The number of para-hydroxylation sites is 1. The lowest BCUT2D eigenvalue weighted by atomic mass is 10.1. The van der Waals surface area contributed by atoms with Crippen LogP contribution in [-0.4, -0.2) is 42.6 Å². The highest BCUT2D eigenvalue weighted by Crippen LogP contribution is 2.23. The Morgan fingerprint density at radius 1 is 1.04 bits per heavy atom. The van der Waals surface area contributed by atoms with E-state index in [-0.39, 0.29) is 10.6 Å². The second-order valence-electron chi connectivity index (χ2n) is 6.08. The van der Waals surface area contributed by atoms with Gasteiger partial charge in [0.1, 0.15) is 5.75 Å². The van der Waals surface area contributed by atoms with E-state index >= 15 is 0 Å². The molecule has 0 amide bonds. The van der Waals surface area contributed by atoms with Gasteiger partial charge in [-0.2, -0.15) is 0 Å². The molecule has 2 aromatic rings. The van der Waals surface area contributed by atoms with Crippen LogP contribution in [0.2, 0.25) is 0 Å². The summed E-state index contributed by atoms with van der Waals surface area (Å²) in [6.45, 7) is 7.28. The molecule has 6 nitrogen and oxygen atoms in total. The van der Waals surface area contributed by atoms with Crippen LogP contribution in [-0.2, 0) is 6.54 Å². The average Bonchev–Trinajstić information content (AvgIpc) is 2.64. The summed E-state index contributed by atoms with van der Waals surface area (Å²) in [6.07, 6.45) is 0. The predicted molar refractivity (Wildman–Crippen MR) is 98.2 cm³/mol. The van der Waals surface area contributed by atoms with Gasteiger partial charge in [-0.15, -0.1) is 0 Å². The maximum absolute atomic E-state index is 10.8. The molecule has 0 unspecified atom stereocenters. The highest BCUT2D eigenvalue weighted by molar-refractivity contribution is 5.51. The second kappa shape index (κ2) is 7.98. The summed E-state index contributed by atoms with van der Waals surface area (Å²) in [5.41, 5.74) is 2.39. The van der Waals surface area contributed by atoms with E-state index in [9.17, 15) is 10.1 Å². The molecule has 1 aliphatic heterocycles. The molecule has 0 N–H and O–H groups in total. The van der Waals surface area contributed by atoms with Crippen LogP contribution in [0.1, 0.15) is 12.5 Å². The van der Waals surface area contributed by atoms with Gasteiger partial charge < -0.3 is 9.64 Å². The summed E-state index contributed by atoms with van der Waals surface area (Å²) in [5.74, 6) is 0.961. The Hall–Kier alpha value is -2.60. The summed E-state index contributed by atoms with van der Waals surface area (Å²) in [5, 5.41) is 10.8. The maximum Gasteiger partial charge on any atom is 0.269 e. The van der Waals surface area contributed by atoms with E-state index in [0.717, 1.165) is 44.2 Å². The number of hydrogen-bond acceptors (Lipinski definition) is 5. The van der Waals surface area contributed by atoms with Crippen LogP contribution in [0, 0.1) is 10.1 Å². The number of piperazine rings is 1. The number of rotatable bonds is 6. The smallest absolute Gasteiger partial charge is 0.269 e. The minimum atomic E-state index is -0.364. The first-order valence-corrected chi connectivity index (χ1v) is 8.60. The van der Waals surface area contributed by atoms with Crippen molar-refractivity contribution < 1.29 is 9.66 Å². The van der Waals surface area contributed by atoms with Gasteiger partial charge in [-0.3, -0.25) is 15.0 Å². The van der Waals surface area contributed by atoms with E-state index < -0.39 is 0 Å². The van der Waals surface area contributed by atoms with Crippen LogP contribution < -0.4 is 9.64 Å². The second-order valence-corrected chi connectivity index (χ2v) is 6.08. The lowest BCUT2D eigenvalue weighted by Crippen LogP contribution is -2.46. The SMILES string of the molecule is CCOc1ccccc1CN1CCN(c2ccc([N+](=O)[O-])cc2)CC1. The number of nitro groups is 1. The van der Waals surface area contributed by atoms with Gasteiger partial charge in [-0.25, -0.2) is 0 Å². The van der Waals surface area contributed by atoms with Gasteiger partial charge in [-0.1, -0.05) is 18.2 Å². The van der Waals surface area contributed by atoms with Crippen molar-refractivity contribution in [3.8, 4) is 5.75 Å². The Morgan fingerprint density at radius 2 is 1.72 bits per heavy atom. The van der Waals surface area contributed by atoms with Crippen LogP contribution in [0.4, 0.5) is 11.4 Å². The molecule has 0 atom stereocenters. The quantitative estimate of drug-likeness (QED) is 0.596. The van der Waals surface area contributed by atoms with Crippen molar-refractivity contribution in [1.29, 1.82) is 0 Å².